The van der Waals surface area contributed by atoms with Crippen LogP contribution in [0.5, 0.6) is 0 Å². The summed E-state index contributed by atoms with van der Waals surface area (Å²) in [6, 6.07) is -0.208. The predicted molar refractivity (Wildman–Crippen MR) is 37.1 cm³/mol. The molecule has 0 radical (unpaired) electrons. The second kappa shape index (κ2) is 2.46. The molecule has 0 aromatic heterocycles. The molecule has 0 aromatic rings. The second-order valence-electron chi connectivity index (χ2n) is 2.78. The number of fused-ring (bicyclic) bond motifs is 1. The van der Waals surface area contributed by atoms with E-state index in [9.17, 15) is 4.79 Å². The molecule has 0 bridgehead atoms. The summed E-state index contributed by atoms with van der Waals surface area (Å²) in [5, 5.41) is 3.04. The topological polar surface area (TPSA) is 50.9 Å². The number of morpholine rings is 1. The molecule has 0 amide bonds. The van der Waals surface area contributed by atoms with Crippen LogP contribution in [0.25, 0.3) is 0 Å². The average molecular weight is 157 g/mol. The molecule has 0 saturated carbocycles. The average Bonchev–Trinajstić information content (AvgIpc) is 2.63. The zero-order valence-electron chi connectivity index (χ0n) is 6.37. The molecule has 2 heterocycles. The molecule has 0 aromatic carbocycles. The molecule has 4 nitrogen and oxygen atoms in total. The highest BCUT2D eigenvalue weighted by Crippen LogP contribution is 2.30. The molecule has 0 spiro atoms. The molecule has 4 heteroatoms. The molecule has 3 atom stereocenters. The molecular formula is C7H11NO3. The SMILES string of the molecule is CCOC(=O)[C@@H]1NC[C@H]2O[C@H]21. The zero-order chi connectivity index (χ0) is 7.84. The van der Waals surface area contributed by atoms with Crippen LogP contribution in [0.4, 0.5) is 0 Å². The lowest BCUT2D eigenvalue weighted by atomic mass is 10.2. The van der Waals surface area contributed by atoms with Gasteiger partial charge in [0.2, 0.25) is 0 Å². The van der Waals surface area contributed by atoms with Gasteiger partial charge in [-0.3, -0.25) is 10.1 Å². The van der Waals surface area contributed by atoms with Crippen molar-refractivity contribution in [3.63, 3.8) is 0 Å². The Kier molecular flexibility index (Phi) is 1.58. The Labute approximate surface area is 64.9 Å². The number of esters is 1. The van der Waals surface area contributed by atoms with Crippen molar-refractivity contribution in [3.05, 3.63) is 0 Å². The number of hydrogen-bond donors (Lipinski definition) is 1. The van der Waals surface area contributed by atoms with Crippen molar-refractivity contribution in [1.82, 2.24) is 5.32 Å². The third-order valence-electron chi connectivity index (χ3n) is 2.03. The number of nitrogens with one attached hydrogen (secondary N) is 1. The normalized spacial score (nSPS) is 39.9. The van der Waals surface area contributed by atoms with E-state index in [0.29, 0.717) is 6.61 Å². The third kappa shape index (κ3) is 1.12. The maximum absolute atomic E-state index is 11.1. The van der Waals surface area contributed by atoms with Gasteiger partial charge in [0.15, 0.2) is 0 Å². The Morgan fingerprint density at radius 2 is 2.64 bits per heavy atom. The minimum absolute atomic E-state index is 0.0917. The minimum Gasteiger partial charge on any atom is -0.465 e. The van der Waals surface area contributed by atoms with Gasteiger partial charge in [-0.2, -0.15) is 0 Å². The first-order valence-electron chi connectivity index (χ1n) is 3.88. The fraction of sp³-hybridized carbons (Fsp3) is 0.857. The number of hydrogen-bond acceptors (Lipinski definition) is 4. The van der Waals surface area contributed by atoms with Crippen molar-refractivity contribution in [2.24, 2.45) is 0 Å². The number of ether oxygens (including phenoxy) is 2. The summed E-state index contributed by atoms with van der Waals surface area (Å²) in [4.78, 5) is 11.1. The summed E-state index contributed by atoms with van der Waals surface area (Å²) < 4.78 is 10.0. The maximum Gasteiger partial charge on any atom is 0.325 e. The zero-order valence-corrected chi connectivity index (χ0v) is 6.37. The maximum atomic E-state index is 11.1. The van der Waals surface area contributed by atoms with Crippen LogP contribution in [-0.4, -0.2) is 37.4 Å². The number of carbonyl (C=O) groups excluding carboxylic acids is 1. The van der Waals surface area contributed by atoms with Gasteiger partial charge in [0.05, 0.1) is 12.7 Å². The van der Waals surface area contributed by atoms with Crippen LogP contribution in [0.3, 0.4) is 0 Å². The van der Waals surface area contributed by atoms with E-state index in [1.807, 2.05) is 0 Å². The van der Waals surface area contributed by atoms with E-state index in [0.717, 1.165) is 6.54 Å². The van der Waals surface area contributed by atoms with Gasteiger partial charge in [0.25, 0.3) is 0 Å². The van der Waals surface area contributed by atoms with E-state index in [4.69, 9.17) is 9.47 Å². The van der Waals surface area contributed by atoms with E-state index in [1.165, 1.54) is 0 Å². The van der Waals surface area contributed by atoms with E-state index in [1.54, 1.807) is 6.92 Å². The van der Waals surface area contributed by atoms with E-state index < -0.39 is 0 Å². The molecule has 2 aliphatic heterocycles. The Hall–Kier alpha value is -0.610. The summed E-state index contributed by atoms with van der Waals surface area (Å²) in [5.41, 5.74) is 0. The summed E-state index contributed by atoms with van der Waals surface area (Å²) in [6.45, 7) is 3.03. The smallest absolute Gasteiger partial charge is 0.325 e. The molecule has 2 rings (SSSR count). The molecule has 0 unspecified atom stereocenters. The molecule has 0 aliphatic carbocycles. The van der Waals surface area contributed by atoms with Crippen molar-refractivity contribution in [3.8, 4) is 0 Å². The highest BCUT2D eigenvalue weighted by molar-refractivity contribution is 5.77. The predicted octanol–water partition coefficient (Wildman–Crippen LogP) is -0.711. The van der Waals surface area contributed by atoms with Gasteiger partial charge >= 0.3 is 5.97 Å². The number of epoxide rings is 1. The first-order chi connectivity index (χ1) is 5.33. The summed E-state index contributed by atoms with van der Waals surface area (Å²) >= 11 is 0. The fourth-order valence-corrected chi connectivity index (χ4v) is 1.42. The van der Waals surface area contributed by atoms with Crippen molar-refractivity contribution in [2.45, 2.75) is 25.2 Å². The van der Waals surface area contributed by atoms with Crippen LogP contribution >= 0.6 is 0 Å². The number of carbonyl (C=O) groups is 1. The van der Waals surface area contributed by atoms with E-state index in [-0.39, 0.29) is 24.2 Å². The van der Waals surface area contributed by atoms with Crippen LogP contribution in [0.1, 0.15) is 6.92 Å². The summed E-state index contributed by atoms with van der Waals surface area (Å²) in [6.07, 6.45) is 0.360. The van der Waals surface area contributed by atoms with E-state index >= 15 is 0 Å². The van der Waals surface area contributed by atoms with Crippen LogP contribution in [-0.2, 0) is 14.3 Å². The van der Waals surface area contributed by atoms with Crippen molar-refractivity contribution in [2.75, 3.05) is 13.2 Å². The van der Waals surface area contributed by atoms with Crippen molar-refractivity contribution in [1.29, 1.82) is 0 Å². The lowest BCUT2D eigenvalue weighted by Gasteiger charge is -2.09. The summed E-state index contributed by atoms with van der Waals surface area (Å²) in [5.74, 6) is -0.183. The highest BCUT2D eigenvalue weighted by atomic mass is 16.6. The van der Waals surface area contributed by atoms with Gasteiger partial charge in [0.1, 0.15) is 12.1 Å². The first-order valence-corrected chi connectivity index (χ1v) is 3.88. The van der Waals surface area contributed by atoms with Crippen LogP contribution in [0.2, 0.25) is 0 Å². The second-order valence-corrected chi connectivity index (χ2v) is 2.78. The quantitative estimate of drug-likeness (QED) is 0.425. The van der Waals surface area contributed by atoms with Gasteiger partial charge in [-0.25, -0.2) is 0 Å². The Bertz CT molecular complexity index is 183. The molecular weight excluding hydrogens is 146 g/mol. The molecule has 2 saturated heterocycles. The summed E-state index contributed by atoms with van der Waals surface area (Å²) in [7, 11) is 0. The monoisotopic (exact) mass is 157 g/mol. The standard InChI is InChI=1S/C7H11NO3/c1-2-10-7(9)5-6-4(11-6)3-8-5/h4-6,8H,2-3H2,1H3/t4-,5-,6-/m1/s1. The van der Waals surface area contributed by atoms with Gasteiger partial charge in [-0.15, -0.1) is 0 Å². The Morgan fingerprint density at radius 1 is 1.82 bits per heavy atom. The first kappa shape index (κ1) is 7.06. The number of rotatable bonds is 2. The van der Waals surface area contributed by atoms with E-state index in [2.05, 4.69) is 5.32 Å². The van der Waals surface area contributed by atoms with Gasteiger partial charge in [-0.1, -0.05) is 0 Å². The lowest BCUT2D eigenvalue weighted by molar-refractivity contribution is -0.146. The van der Waals surface area contributed by atoms with Crippen molar-refractivity contribution >= 4 is 5.97 Å². The molecule has 1 N–H and O–H groups in total. The lowest BCUT2D eigenvalue weighted by Crippen LogP contribution is -2.38. The third-order valence-corrected chi connectivity index (χ3v) is 2.03. The largest absolute Gasteiger partial charge is 0.465 e. The molecule has 2 fully saturated rings. The Balaban J connectivity index is 1.89. The van der Waals surface area contributed by atoms with Crippen LogP contribution < -0.4 is 5.32 Å². The molecule has 2 aliphatic rings. The minimum atomic E-state index is -0.208. The Morgan fingerprint density at radius 3 is 3.09 bits per heavy atom. The van der Waals surface area contributed by atoms with Crippen LogP contribution in [0.15, 0.2) is 0 Å². The van der Waals surface area contributed by atoms with Gasteiger partial charge in [0, 0.05) is 6.54 Å². The van der Waals surface area contributed by atoms with Gasteiger partial charge < -0.3 is 9.47 Å². The highest BCUT2D eigenvalue weighted by Gasteiger charge is 2.53. The van der Waals surface area contributed by atoms with Crippen LogP contribution in [0, 0.1) is 0 Å². The fourth-order valence-electron chi connectivity index (χ4n) is 1.42. The van der Waals surface area contributed by atoms with Gasteiger partial charge in [-0.05, 0) is 6.92 Å². The van der Waals surface area contributed by atoms with Crippen molar-refractivity contribution < 1.29 is 14.3 Å². The molecule has 11 heavy (non-hydrogen) atoms. The molecule has 62 valence electrons.